The van der Waals surface area contributed by atoms with Crippen LogP contribution in [-0.2, 0) is 17.7 Å². The molecule has 2 aromatic rings. The van der Waals surface area contributed by atoms with Gasteiger partial charge < -0.3 is 14.6 Å². The fraction of sp³-hybridized carbons (Fsp3) is 0.529. The smallest absolute Gasteiger partial charge is 0.0758 e. The van der Waals surface area contributed by atoms with Gasteiger partial charge in [-0.1, -0.05) is 18.2 Å². The topological polar surface area (TPSA) is 26.2 Å². The second-order valence-electron chi connectivity index (χ2n) is 5.82. The van der Waals surface area contributed by atoms with Crippen molar-refractivity contribution in [3.63, 3.8) is 0 Å². The largest absolute Gasteiger partial charge is 0.373 e. The zero-order valence-electron chi connectivity index (χ0n) is 12.4. The molecule has 1 fully saturated rings. The fourth-order valence-corrected chi connectivity index (χ4v) is 3.17. The zero-order valence-corrected chi connectivity index (χ0v) is 12.4. The molecule has 2 heterocycles. The van der Waals surface area contributed by atoms with Crippen molar-refractivity contribution in [3.05, 3.63) is 36.0 Å². The summed E-state index contributed by atoms with van der Waals surface area (Å²) in [5.74, 6) is 0. The molecule has 0 saturated carbocycles. The first-order valence-electron chi connectivity index (χ1n) is 7.64. The number of ether oxygens (including phenoxy) is 1. The van der Waals surface area contributed by atoms with Gasteiger partial charge in [0.2, 0.25) is 0 Å². The van der Waals surface area contributed by atoms with Gasteiger partial charge in [0.05, 0.1) is 12.2 Å². The fourth-order valence-electron chi connectivity index (χ4n) is 3.17. The highest BCUT2D eigenvalue weighted by atomic mass is 16.5. The molecule has 108 valence electrons. The van der Waals surface area contributed by atoms with E-state index < -0.39 is 0 Å². The van der Waals surface area contributed by atoms with Gasteiger partial charge in [-0.2, -0.15) is 0 Å². The van der Waals surface area contributed by atoms with Gasteiger partial charge in [-0.25, -0.2) is 0 Å². The first-order chi connectivity index (χ1) is 9.78. The van der Waals surface area contributed by atoms with Gasteiger partial charge in [0.1, 0.15) is 0 Å². The highest BCUT2D eigenvalue weighted by Gasteiger charge is 2.22. The second-order valence-corrected chi connectivity index (χ2v) is 5.82. The molecule has 3 nitrogen and oxygen atoms in total. The zero-order chi connectivity index (χ0) is 13.9. The summed E-state index contributed by atoms with van der Waals surface area (Å²) in [6.07, 6.45) is 6.56. The number of benzene rings is 1. The Hall–Kier alpha value is -1.32. The monoisotopic (exact) mass is 272 g/mol. The third-order valence-electron chi connectivity index (χ3n) is 4.24. The Balaban J connectivity index is 1.86. The highest BCUT2D eigenvalue weighted by Crippen LogP contribution is 2.25. The Morgan fingerprint density at radius 3 is 2.90 bits per heavy atom. The van der Waals surface area contributed by atoms with Crippen LogP contribution in [0.1, 0.15) is 25.3 Å². The number of nitrogens with one attached hydrogen (secondary N) is 1. The van der Waals surface area contributed by atoms with E-state index in [0.29, 0.717) is 12.2 Å². The molecule has 3 heteroatoms. The van der Waals surface area contributed by atoms with Crippen LogP contribution in [0.3, 0.4) is 0 Å². The number of nitrogens with zero attached hydrogens (tertiary/aromatic N) is 1. The number of rotatable bonds is 5. The van der Waals surface area contributed by atoms with Gasteiger partial charge >= 0.3 is 0 Å². The Bertz CT molecular complexity index is 575. The summed E-state index contributed by atoms with van der Waals surface area (Å²) in [5.41, 5.74) is 2.77. The lowest BCUT2D eigenvalue weighted by atomic mass is 10.1. The molecule has 0 amide bonds. The molecule has 0 radical (unpaired) electrons. The van der Waals surface area contributed by atoms with E-state index in [1.165, 1.54) is 29.3 Å². The predicted molar refractivity (Wildman–Crippen MR) is 83.1 cm³/mol. The molecule has 2 atom stereocenters. The molecule has 0 spiro atoms. The van der Waals surface area contributed by atoms with Crippen molar-refractivity contribution >= 4 is 10.9 Å². The summed E-state index contributed by atoms with van der Waals surface area (Å²) >= 11 is 0. The van der Waals surface area contributed by atoms with Crippen LogP contribution in [0, 0.1) is 0 Å². The molecule has 1 aliphatic rings. The molecule has 1 aromatic carbocycles. The maximum atomic E-state index is 5.97. The average molecular weight is 272 g/mol. The molecule has 1 saturated heterocycles. The van der Waals surface area contributed by atoms with Gasteiger partial charge in [0.15, 0.2) is 0 Å². The minimum Gasteiger partial charge on any atom is -0.373 e. The molecule has 0 bridgehead atoms. The van der Waals surface area contributed by atoms with E-state index in [1.54, 1.807) is 0 Å². The lowest BCUT2D eigenvalue weighted by Crippen LogP contribution is -2.16. The third kappa shape index (κ3) is 2.74. The van der Waals surface area contributed by atoms with Crippen molar-refractivity contribution < 1.29 is 4.74 Å². The van der Waals surface area contributed by atoms with Gasteiger partial charge in [0.25, 0.3) is 0 Å². The van der Waals surface area contributed by atoms with E-state index >= 15 is 0 Å². The Labute approximate surface area is 120 Å². The van der Waals surface area contributed by atoms with Crippen molar-refractivity contribution in [1.29, 1.82) is 0 Å². The molecule has 0 aliphatic carbocycles. The van der Waals surface area contributed by atoms with E-state index in [-0.39, 0.29) is 0 Å². The van der Waals surface area contributed by atoms with Crippen LogP contribution in [0.5, 0.6) is 0 Å². The first kappa shape index (κ1) is 13.7. The Kier molecular flexibility index (Phi) is 4.08. The Morgan fingerprint density at radius 2 is 2.15 bits per heavy atom. The number of likely N-dealkylation sites (N-methyl/N-ethyl adjacent to an activating group) is 1. The molecule has 1 aromatic heterocycles. The van der Waals surface area contributed by atoms with Crippen molar-refractivity contribution in [2.75, 3.05) is 13.6 Å². The van der Waals surface area contributed by atoms with Crippen LogP contribution in [0.2, 0.25) is 0 Å². The van der Waals surface area contributed by atoms with Crippen molar-refractivity contribution in [1.82, 2.24) is 9.88 Å². The van der Waals surface area contributed by atoms with E-state index in [2.05, 4.69) is 47.3 Å². The number of aromatic nitrogens is 1. The van der Waals surface area contributed by atoms with Crippen LogP contribution >= 0.6 is 0 Å². The molecular formula is C17H24N2O. The van der Waals surface area contributed by atoms with Crippen LogP contribution in [0.15, 0.2) is 30.5 Å². The van der Waals surface area contributed by atoms with Crippen LogP contribution in [0.4, 0.5) is 0 Å². The normalized spacial score (nSPS) is 22.7. The van der Waals surface area contributed by atoms with E-state index in [9.17, 15) is 0 Å². The quantitative estimate of drug-likeness (QED) is 0.905. The van der Waals surface area contributed by atoms with Gasteiger partial charge in [-0.3, -0.25) is 0 Å². The lowest BCUT2D eigenvalue weighted by molar-refractivity contribution is 0.0465. The van der Waals surface area contributed by atoms with Gasteiger partial charge in [-0.05, 0) is 51.4 Å². The Morgan fingerprint density at radius 1 is 1.30 bits per heavy atom. The van der Waals surface area contributed by atoms with Crippen LogP contribution < -0.4 is 5.32 Å². The predicted octanol–water partition coefficient (Wildman–Crippen LogP) is 2.97. The summed E-state index contributed by atoms with van der Waals surface area (Å²) in [4.78, 5) is 0. The minimum absolute atomic E-state index is 0.373. The van der Waals surface area contributed by atoms with Crippen molar-refractivity contribution in [2.45, 2.75) is 44.9 Å². The maximum absolute atomic E-state index is 5.97. The maximum Gasteiger partial charge on any atom is 0.0758 e. The molecular weight excluding hydrogens is 248 g/mol. The van der Waals surface area contributed by atoms with Crippen molar-refractivity contribution in [2.24, 2.45) is 0 Å². The molecule has 3 rings (SSSR count). The van der Waals surface area contributed by atoms with Gasteiger partial charge in [-0.15, -0.1) is 0 Å². The summed E-state index contributed by atoms with van der Waals surface area (Å²) in [5, 5.41) is 4.62. The molecule has 20 heavy (non-hydrogen) atoms. The number of para-hydroxylation sites is 1. The molecule has 1 N–H and O–H groups in total. The first-order valence-corrected chi connectivity index (χ1v) is 7.64. The van der Waals surface area contributed by atoms with Crippen LogP contribution in [0.25, 0.3) is 10.9 Å². The van der Waals surface area contributed by atoms with E-state index in [1.807, 2.05) is 7.05 Å². The average Bonchev–Trinajstić information content (AvgIpc) is 3.02. The van der Waals surface area contributed by atoms with E-state index in [0.717, 1.165) is 19.5 Å². The summed E-state index contributed by atoms with van der Waals surface area (Å²) < 4.78 is 8.35. The lowest BCUT2D eigenvalue weighted by Gasteiger charge is -2.13. The molecule has 1 aliphatic heterocycles. The summed E-state index contributed by atoms with van der Waals surface area (Å²) in [6.45, 7) is 4.17. The second kappa shape index (κ2) is 5.98. The third-order valence-corrected chi connectivity index (χ3v) is 4.24. The van der Waals surface area contributed by atoms with Crippen molar-refractivity contribution in [3.8, 4) is 0 Å². The number of hydrogen-bond acceptors (Lipinski definition) is 2. The van der Waals surface area contributed by atoms with E-state index in [4.69, 9.17) is 4.74 Å². The standard InChI is InChI=1S/C17H24N2O/c1-13-7-8-15(20-13)12-19-11-14(9-10-18-2)16-5-3-4-6-17(16)19/h3-6,11,13,15,18H,7-10,12H2,1-2H3. The summed E-state index contributed by atoms with van der Waals surface area (Å²) in [6, 6.07) is 8.70. The van der Waals surface area contributed by atoms with Crippen LogP contribution in [-0.4, -0.2) is 30.4 Å². The number of hydrogen-bond donors (Lipinski definition) is 1. The molecule has 2 unspecified atom stereocenters. The van der Waals surface area contributed by atoms with Gasteiger partial charge in [0, 0.05) is 23.6 Å². The SMILES string of the molecule is CNCCc1cn(CC2CCC(C)O2)c2ccccc12. The highest BCUT2D eigenvalue weighted by molar-refractivity contribution is 5.84. The summed E-state index contributed by atoms with van der Waals surface area (Å²) in [7, 11) is 2.01. The minimum atomic E-state index is 0.373. The number of fused-ring (bicyclic) bond motifs is 1.